The van der Waals surface area contributed by atoms with E-state index >= 15 is 0 Å². The normalized spacial score (nSPS) is 14.5. The van der Waals surface area contributed by atoms with Crippen LogP contribution in [0.25, 0.3) is 0 Å². The summed E-state index contributed by atoms with van der Waals surface area (Å²) in [6.07, 6.45) is 0. The summed E-state index contributed by atoms with van der Waals surface area (Å²) in [5, 5.41) is 2.83. The summed E-state index contributed by atoms with van der Waals surface area (Å²) in [6.45, 7) is 3.61. The van der Waals surface area contributed by atoms with Crippen molar-refractivity contribution in [3.63, 3.8) is 0 Å². The molecular weight excluding hydrogens is 176 g/mol. The number of hydrogen-bond acceptors (Lipinski definition) is 2. The van der Waals surface area contributed by atoms with Crippen LogP contribution in [-0.2, 0) is 4.79 Å². The summed E-state index contributed by atoms with van der Waals surface area (Å²) in [4.78, 5) is 11.3. The van der Waals surface area contributed by atoms with E-state index in [0.717, 1.165) is 5.56 Å². The van der Waals surface area contributed by atoms with Crippen molar-refractivity contribution in [2.24, 2.45) is 5.73 Å². The molecule has 3 N–H and O–H groups in total. The summed E-state index contributed by atoms with van der Waals surface area (Å²) < 4.78 is 0. The zero-order valence-corrected chi connectivity index (χ0v) is 8.53. The van der Waals surface area contributed by atoms with Crippen LogP contribution in [0.5, 0.6) is 0 Å². The fourth-order valence-corrected chi connectivity index (χ4v) is 1.17. The van der Waals surface area contributed by atoms with E-state index in [0.29, 0.717) is 0 Å². The number of rotatable bonds is 3. The van der Waals surface area contributed by atoms with E-state index in [2.05, 4.69) is 5.32 Å². The van der Waals surface area contributed by atoms with Gasteiger partial charge in [-0.25, -0.2) is 0 Å². The molecule has 0 saturated heterocycles. The highest BCUT2D eigenvalue weighted by molar-refractivity contribution is 5.81. The second kappa shape index (κ2) is 4.77. The molecule has 0 aliphatic rings. The lowest BCUT2D eigenvalue weighted by Gasteiger charge is -2.15. The van der Waals surface area contributed by atoms with Gasteiger partial charge in [-0.05, 0) is 19.4 Å². The first-order valence-electron chi connectivity index (χ1n) is 4.72. The number of benzene rings is 1. The van der Waals surface area contributed by atoms with Gasteiger partial charge < -0.3 is 11.1 Å². The van der Waals surface area contributed by atoms with Gasteiger partial charge in [0.25, 0.3) is 0 Å². The van der Waals surface area contributed by atoms with Crippen molar-refractivity contribution in [1.82, 2.24) is 5.32 Å². The third-order valence-electron chi connectivity index (χ3n) is 2.07. The highest BCUT2D eigenvalue weighted by atomic mass is 16.2. The Kier molecular flexibility index (Phi) is 3.65. The van der Waals surface area contributed by atoms with Crippen LogP contribution in [0, 0.1) is 0 Å². The first-order chi connectivity index (χ1) is 6.61. The molecule has 0 aliphatic carbocycles. The maximum atomic E-state index is 11.3. The molecule has 14 heavy (non-hydrogen) atoms. The highest BCUT2D eigenvalue weighted by Crippen LogP contribution is 2.10. The summed E-state index contributed by atoms with van der Waals surface area (Å²) >= 11 is 0. The Morgan fingerprint density at radius 3 is 2.36 bits per heavy atom. The van der Waals surface area contributed by atoms with Crippen molar-refractivity contribution < 1.29 is 4.79 Å². The molecule has 1 rings (SSSR count). The molecule has 0 aromatic heterocycles. The van der Waals surface area contributed by atoms with Crippen molar-refractivity contribution in [2.75, 3.05) is 0 Å². The van der Waals surface area contributed by atoms with Gasteiger partial charge in [0.15, 0.2) is 0 Å². The molecule has 0 fully saturated rings. The summed E-state index contributed by atoms with van der Waals surface area (Å²) in [5.41, 5.74) is 6.53. The van der Waals surface area contributed by atoms with Gasteiger partial charge in [0.1, 0.15) is 0 Å². The number of nitrogens with one attached hydrogen (secondary N) is 1. The van der Waals surface area contributed by atoms with Crippen LogP contribution >= 0.6 is 0 Å². The molecule has 0 bridgehead atoms. The van der Waals surface area contributed by atoms with Crippen LogP contribution in [0.1, 0.15) is 25.5 Å². The van der Waals surface area contributed by atoms with E-state index in [9.17, 15) is 4.79 Å². The summed E-state index contributed by atoms with van der Waals surface area (Å²) in [7, 11) is 0. The van der Waals surface area contributed by atoms with Gasteiger partial charge in [-0.3, -0.25) is 4.79 Å². The zero-order valence-electron chi connectivity index (χ0n) is 8.53. The van der Waals surface area contributed by atoms with Gasteiger partial charge in [0, 0.05) is 0 Å². The van der Waals surface area contributed by atoms with Crippen LogP contribution in [0.3, 0.4) is 0 Å². The summed E-state index contributed by atoms with van der Waals surface area (Å²) in [6, 6.07) is 9.35. The van der Waals surface area contributed by atoms with Crippen LogP contribution in [0.4, 0.5) is 0 Å². The minimum atomic E-state index is -0.457. The molecule has 1 aromatic carbocycles. The largest absolute Gasteiger partial charge is 0.348 e. The standard InChI is InChI=1S/C11H16N2O/c1-8(12)11(14)13-9(2)10-6-4-3-5-7-10/h3-9H,12H2,1-2H3,(H,13,14)/t8?,9-/m1/s1. The molecular formula is C11H16N2O. The maximum Gasteiger partial charge on any atom is 0.237 e. The minimum absolute atomic E-state index is 0.00898. The Bertz CT molecular complexity index is 295. The molecule has 3 heteroatoms. The molecule has 1 amide bonds. The topological polar surface area (TPSA) is 55.1 Å². The van der Waals surface area contributed by atoms with Gasteiger partial charge in [0.2, 0.25) is 5.91 Å². The molecule has 76 valence electrons. The second-order valence-electron chi connectivity index (χ2n) is 3.43. The van der Waals surface area contributed by atoms with Crippen molar-refractivity contribution >= 4 is 5.91 Å². The van der Waals surface area contributed by atoms with Crippen molar-refractivity contribution in [2.45, 2.75) is 25.9 Å². The number of nitrogens with two attached hydrogens (primary N) is 1. The molecule has 2 atom stereocenters. The van der Waals surface area contributed by atoms with E-state index in [4.69, 9.17) is 5.73 Å². The SMILES string of the molecule is CC(N)C(=O)N[C@H](C)c1ccccc1. The monoisotopic (exact) mass is 192 g/mol. The Labute approximate surface area is 84.3 Å². The predicted octanol–water partition coefficient (Wildman–Crippen LogP) is 1.21. The Balaban J connectivity index is 2.59. The minimum Gasteiger partial charge on any atom is -0.348 e. The van der Waals surface area contributed by atoms with Crippen LogP contribution in [0.15, 0.2) is 30.3 Å². The van der Waals surface area contributed by atoms with Gasteiger partial charge in [0.05, 0.1) is 12.1 Å². The van der Waals surface area contributed by atoms with Crippen LogP contribution in [-0.4, -0.2) is 11.9 Å². The van der Waals surface area contributed by atoms with E-state index in [1.54, 1.807) is 6.92 Å². The van der Waals surface area contributed by atoms with Gasteiger partial charge >= 0.3 is 0 Å². The zero-order chi connectivity index (χ0) is 10.6. The molecule has 0 saturated carbocycles. The van der Waals surface area contributed by atoms with Crippen LogP contribution < -0.4 is 11.1 Å². The molecule has 0 radical (unpaired) electrons. The third-order valence-corrected chi connectivity index (χ3v) is 2.07. The molecule has 1 aromatic rings. The van der Waals surface area contributed by atoms with Gasteiger partial charge in [-0.15, -0.1) is 0 Å². The van der Waals surface area contributed by atoms with E-state index < -0.39 is 6.04 Å². The van der Waals surface area contributed by atoms with E-state index in [1.165, 1.54) is 0 Å². The lowest BCUT2D eigenvalue weighted by Crippen LogP contribution is -2.39. The number of hydrogen-bond donors (Lipinski definition) is 2. The third kappa shape index (κ3) is 2.85. The maximum absolute atomic E-state index is 11.3. The number of amides is 1. The fourth-order valence-electron chi connectivity index (χ4n) is 1.17. The molecule has 1 unspecified atom stereocenters. The predicted molar refractivity (Wildman–Crippen MR) is 56.6 cm³/mol. The van der Waals surface area contributed by atoms with Crippen LogP contribution in [0.2, 0.25) is 0 Å². The Hall–Kier alpha value is -1.35. The highest BCUT2D eigenvalue weighted by Gasteiger charge is 2.11. The fraction of sp³-hybridized carbons (Fsp3) is 0.364. The van der Waals surface area contributed by atoms with E-state index in [1.807, 2.05) is 37.3 Å². The molecule has 0 spiro atoms. The number of carbonyl (C=O) groups is 1. The summed E-state index contributed by atoms with van der Waals surface area (Å²) in [5.74, 6) is -0.124. The average Bonchev–Trinajstić information content (AvgIpc) is 2.19. The van der Waals surface area contributed by atoms with Crippen molar-refractivity contribution in [1.29, 1.82) is 0 Å². The average molecular weight is 192 g/mol. The quantitative estimate of drug-likeness (QED) is 0.756. The Morgan fingerprint density at radius 2 is 1.86 bits per heavy atom. The molecule has 0 heterocycles. The molecule has 0 aliphatic heterocycles. The lowest BCUT2D eigenvalue weighted by atomic mass is 10.1. The first-order valence-corrected chi connectivity index (χ1v) is 4.72. The second-order valence-corrected chi connectivity index (χ2v) is 3.43. The number of carbonyl (C=O) groups excluding carboxylic acids is 1. The lowest BCUT2D eigenvalue weighted by molar-refractivity contribution is -0.122. The first kappa shape index (κ1) is 10.7. The smallest absolute Gasteiger partial charge is 0.237 e. The van der Waals surface area contributed by atoms with Crippen molar-refractivity contribution in [3.8, 4) is 0 Å². The van der Waals surface area contributed by atoms with E-state index in [-0.39, 0.29) is 11.9 Å². The molecule has 3 nitrogen and oxygen atoms in total. The van der Waals surface area contributed by atoms with Crippen molar-refractivity contribution in [3.05, 3.63) is 35.9 Å². The Morgan fingerprint density at radius 1 is 1.29 bits per heavy atom. The van der Waals surface area contributed by atoms with Gasteiger partial charge in [-0.1, -0.05) is 30.3 Å². The van der Waals surface area contributed by atoms with Gasteiger partial charge in [-0.2, -0.15) is 0 Å².